The molecule has 0 radical (unpaired) electrons. The van der Waals surface area contributed by atoms with Crippen LogP contribution in [-0.4, -0.2) is 87.4 Å². The second-order valence-corrected chi connectivity index (χ2v) is 3.61. The molecular formula is C11H18KN3O2. The van der Waals surface area contributed by atoms with Crippen LogP contribution in [0.2, 0.25) is 0 Å². The molecule has 0 heterocycles. The summed E-state index contributed by atoms with van der Waals surface area (Å²) in [5, 5.41) is 10.3. The fraction of sp³-hybridized carbons (Fsp3) is 0.455. The van der Waals surface area contributed by atoms with Crippen LogP contribution in [0.5, 0.6) is 0 Å². The van der Waals surface area contributed by atoms with E-state index in [9.17, 15) is 10.1 Å². The fourth-order valence-corrected chi connectivity index (χ4v) is 1.52. The number of nitrogens with zero attached hydrogens (tertiary/aromatic N) is 2. The van der Waals surface area contributed by atoms with E-state index in [1.807, 2.05) is 35.2 Å². The Hall–Kier alpha value is 0.176. The molecule has 0 unspecified atom stereocenters. The van der Waals surface area contributed by atoms with E-state index < -0.39 is 0 Å². The van der Waals surface area contributed by atoms with Crippen molar-refractivity contribution in [2.45, 2.75) is 6.54 Å². The van der Waals surface area contributed by atoms with Crippen molar-refractivity contribution in [1.29, 1.82) is 0 Å². The third-order valence-electron chi connectivity index (χ3n) is 2.29. The molecule has 0 saturated carbocycles. The monoisotopic (exact) mass is 263 g/mol. The van der Waals surface area contributed by atoms with Gasteiger partial charge < -0.3 is 5.73 Å². The van der Waals surface area contributed by atoms with Crippen LogP contribution in [0.1, 0.15) is 5.56 Å². The minimum atomic E-state index is -0.297. The standard InChI is InChI=1S/C11H17N3O2.K.H/c12-6-7-13(8-9-14(15)16)10-11-4-2-1-3-5-11;;/h1-5H,6-10,12H2;;. The molecule has 0 fully saturated rings. The van der Waals surface area contributed by atoms with Crippen molar-refractivity contribution in [2.24, 2.45) is 5.73 Å². The average molecular weight is 263 g/mol. The molecule has 0 aliphatic carbocycles. The SMILES string of the molecule is NCCN(CC[N+](=O)[O-])Cc1ccccc1.[KH]. The first kappa shape index (κ1) is 17.2. The maximum absolute atomic E-state index is 10.3. The molecule has 0 aliphatic heterocycles. The molecule has 0 atom stereocenters. The predicted octanol–water partition coefficient (Wildman–Crippen LogP) is 0.0755. The molecule has 0 saturated heterocycles. The van der Waals surface area contributed by atoms with Gasteiger partial charge in [0.1, 0.15) is 0 Å². The van der Waals surface area contributed by atoms with E-state index in [0.29, 0.717) is 26.2 Å². The van der Waals surface area contributed by atoms with Gasteiger partial charge in [-0.25, -0.2) is 0 Å². The predicted molar refractivity (Wildman–Crippen MR) is 69.8 cm³/mol. The molecule has 1 rings (SSSR count). The topological polar surface area (TPSA) is 72.4 Å². The van der Waals surface area contributed by atoms with E-state index in [2.05, 4.69) is 0 Å². The minimum absolute atomic E-state index is 0. The summed E-state index contributed by atoms with van der Waals surface area (Å²) < 4.78 is 0. The van der Waals surface area contributed by atoms with Gasteiger partial charge in [-0.2, -0.15) is 0 Å². The Morgan fingerprint density at radius 2 is 1.88 bits per heavy atom. The zero-order valence-corrected chi connectivity index (χ0v) is 9.21. The van der Waals surface area contributed by atoms with Crippen molar-refractivity contribution >= 4 is 51.4 Å². The van der Waals surface area contributed by atoms with Crippen LogP contribution < -0.4 is 5.73 Å². The number of benzene rings is 1. The van der Waals surface area contributed by atoms with Crippen LogP contribution in [0.4, 0.5) is 0 Å². The summed E-state index contributed by atoms with van der Waals surface area (Å²) >= 11 is 0. The summed E-state index contributed by atoms with van der Waals surface area (Å²) in [7, 11) is 0. The zero-order valence-electron chi connectivity index (χ0n) is 9.21. The Kier molecular flexibility index (Phi) is 10.2. The van der Waals surface area contributed by atoms with Crippen molar-refractivity contribution in [3.8, 4) is 0 Å². The first-order valence-electron chi connectivity index (χ1n) is 5.30. The summed E-state index contributed by atoms with van der Waals surface area (Å²) in [4.78, 5) is 12.0. The van der Waals surface area contributed by atoms with E-state index in [4.69, 9.17) is 5.73 Å². The first-order chi connectivity index (χ1) is 7.72. The van der Waals surface area contributed by atoms with Gasteiger partial charge in [0, 0.05) is 24.6 Å². The average Bonchev–Trinajstić information content (AvgIpc) is 2.27. The number of rotatable bonds is 7. The van der Waals surface area contributed by atoms with Gasteiger partial charge in [0.15, 0.2) is 0 Å². The quantitative estimate of drug-likeness (QED) is 0.429. The molecule has 17 heavy (non-hydrogen) atoms. The molecule has 0 spiro atoms. The number of hydrogen-bond acceptors (Lipinski definition) is 4. The summed E-state index contributed by atoms with van der Waals surface area (Å²) in [5.41, 5.74) is 6.63. The summed E-state index contributed by atoms with van der Waals surface area (Å²) in [6.07, 6.45) is 0. The van der Waals surface area contributed by atoms with Gasteiger partial charge in [0.05, 0.1) is 6.54 Å². The van der Waals surface area contributed by atoms with E-state index in [1.165, 1.54) is 0 Å². The van der Waals surface area contributed by atoms with Gasteiger partial charge >= 0.3 is 51.4 Å². The third kappa shape index (κ3) is 7.99. The molecule has 0 aromatic heterocycles. The number of nitro groups is 1. The molecule has 0 bridgehead atoms. The number of nitrogens with two attached hydrogens (primary N) is 1. The van der Waals surface area contributed by atoms with Crippen LogP contribution in [0, 0.1) is 10.1 Å². The first-order valence-corrected chi connectivity index (χ1v) is 5.30. The molecule has 2 N–H and O–H groups in total. The van der Waals surface area contributed by atoms with Crippen molar-refractivity contribution in [3.05, 3.63) is 46.0 Å². The molecule has 1 aromatic carbocycles. The van der Waals surface area contributed by atoms with Gasteiger partial charge in [0.2, 0.25) is 6.54 Å². The van der Waals surface area contributed by atoms with Crippen molar-refractivity contribution in [1.82, 2.24) is 4.90 Å². The van der Waals surface area contributed by atoms with E-state index in [0.717, 1.165) is 5.56 Å². The summed E-state index contributed by atoms with van der Waals surface area (Å²) in [6.45, 7) is 2.32. The Bertz CT molecular complexity index is 322. The fourth-order valence-electron chi connectivity index (χ4n) is 1.52. The van der Waals surface area contributed by atoms with E-state index >= 15 is 0 Å². The van der Waals surface area contributed by atoms with Crippen LogP contribution in [0.3, 0.4) is 0 Å². The molecule has 0 aliphatic rings. The van der Waals surface area contributed by atoms with Gasteiger partial charge in [-0.15, -0.1) is 0 Å². The van der Waals surface area contributed by atoms with Gasteiger partial charge in [-0.3, -0.25) is 15.0 Å². The van der Waals surface area contributed by atoms with Gasteiger partial charge in [-0.1, -0.05) is 30.3 Å². The third-order valence-corrected chi connectivity index (χ3v) is 2.29. The second-order valence-electron chi connectivity index (χ2n) is 3.61. The molecule has 5 nitrogen and oxygen atoms in total. The van der Waals surface area contributed by atoms with Crippen molar-refractivity contribution in [2.75, 3.05) is 26.2 Å². The normalized spacial score (nSPS) is 10.0. The van der Waals surface area contributed by atoms with Gasteiger partial charge in [-0.05, 0) is 5.56 Å². The Labute approximate surface area is 144 Å². The van der Waals surface area contributed by atoms with Crippen LogP contribution >= 0.6 is 0 Å². The van der Waals surface area contributed by atoms with Crippen LogP contribution in [0.15, 0.2) is 30.3 Å². The Morgan fingerprint density at radius 1 is 1.24 bits per heavy atom. The zero-order chi connectivity index (χ0) is 11.8. The number of hydrogen-bond donors (Lipinski definition) is 1. The van der Waals surface area contributed by atoms with E-state index in [-0.39, 0.29) is 62.9 Å². The Morgan fingerprint density at radius 3 is 2.41 bits per heavy atom. The molecule has 1 aromatic rings. The summed E-state index contributed by atoms with van der Waals surface area (Å²) in [5.74, 6) is 0. The van der Waals surface area contributed by atoms with Gasteiger partial charge in [0.25, 0.3) is 0 Å². The van der Waals surface area contributed by atoms with Crippen molar-refractivity contribution in [3.63, 3.8) is 0 Å². The van der Waals surface area contributed by atoms with Crippen LogP contribution in [-0.2, 0) is 6.54 Å². The molecule has 0 amide bonds. The second kappa shape index (κ2) is 10.1. The Balaban J connectivity index is 0.00000256. The molecule has 90 valence electrons. The molecule has 6 heteroatoms. The molecular weight excluding hydrogens is 245 g/mol. The maximum atomic E-state index is 10.3. The van der Waals surface area contributed by atoms with E-state index in [1.54, 1.807) is 0 Å². The summed E-state index contributed by atoms with van der Waals surface area (Å²) in [6, 6.07) is 9.89. The van der Waals surface area contributed by atoms with Crippen LogP contribution in [0.25, 0.3) is 0 Å². The van der Waals surface area contributed by atoms with Crippen molar-refractivity contribution < 1.29 is 4.92 Å².